The van der Waals surface area contributed by atoms with Gasteiger partial charge in [-0.15, -0.1) is 0 Å². The van der Waals surface area contributed by atoms with Crippen LogP contribution in [0.5, 0.6) is 0 Å². The molecule has 0 saturated heterocycles. The second kappa shape index (κ2) is 7.62. The molecule has 1 aromatic carbocycles. The number of hydrogen-bond acceptors (Lipinski definition) is 4. The minimum Gasteiger partial charge on any atom is -0.354 e. The van der Waals surface area contributed by atoms with Crippen molar-refractivity contribution in [2.45, 2.75) is 40.0 Å². The van der Waals surface area contributed by atoms with Gasteiger partial charge in [0, 0.05) is 24.0 Å². The number of nitrogens with one attached hydrogen (secondary N) is 2. The molecule has 0 radical (unpaired) electrons. The molecule has 0 spiro atoms. The molecule has 1 heterocycles. The number of aryl methyl sites for hydroxylation is 2. The lowest BCUT2D eigenvalue weighted by Gasteiger charge is -2.10. The second-order valence-electron chi connectivity index (χ2n) is 5.22. The van der Waals surface area contributed by atoms with Crippen LogP contribution in [0.1, 0.15) is 37.9 Å². The third kappa shape index (κ3) is 4.74. The summed E-state index contributed by atoms with van der Waals surface area (Å²) in [5, 5.41) is 6.56. The molecule has 0 bridgehead atoms. The van der Waals surface area contributed by atoms with Crippen molar-refractivity contribution < 1.29 is 0 Å². The van der Waals surface area contributed by atoms with Gasteiger partial charge in [0.2, 0.25) is 5.95 Å². The topological polar surface area (TPSA) is 49.8 Å². The van der Waals surface area contributed by atoms with E-state index >= 15 is 0 Å². The summed E-state index contributed by atoms with van der Waals surface area (Å²) >= 11 is 0. The Balaban J connectivity index is 2.09. The zero-order chi connectivity index (χ0) is 15.1. The zero-order valence-electron chi connectivity index (χ0n) is 13.1. The van der Waals surface area contributed by atoms with Gasteiger partial charge in [-0.05, 0) is 37.5 Å². The van der Waals surface area contributed by atoms with Gasteiger partial charge in [-0.2, -0.15) is 4.98 Å². The van der Waals surface area contributed by atoms with Crippen LogP contribution in [0, 0.1) is 6.92 Å². The third-order valence-electron chi connectivity index (χ3n) is 3.15. The largest absolute Gasteiger partial charge is 0.354 e. The highest BCUT2D eigenvalue weighted by Gasteiger charge is 2.02. The van der Waals surface area contributed by atoms with Gasteiger partial charge in [0.25, 0.3) is 0 Å². The average Bonchev–Trinajstić information content (AvgIpc) is 2.47. The first-order chi connectivity index (χ1) is 10.2. The van der Waals surface area contributed by atoms with Crippen LogP contribution in [0.15, 0.2) is 30.3 Å². The lowest BCUT2D eigenvalue weighted by Crippen LogP contribution is -2.06. The van der Waals surface area contributed by atoms with Crippen LogP contribution < -0.4 is 10.6 Å². The highest BCUT2D eigenvalue weighted by molar-refractivity contribution is 5.57. The first-order valence-electron chi connectivity index (χ1n) is 7.66. The summed E-state index contributed by atoms with van der Waals surface area (Å²) in [6.45, 7) is 7.18. The predicted octanol–water partition coefficient (Wildman–Crippen LogP) is 4.30. The van der Waals surface area contributed by atoms with E-state index in [0.717, 1.165) is 36.6 Å². The van der Waals surface area contributed by atoms with Gasteiger partial charge in [0.15, 0.2) is 0 Å². The van der Waals surface area contributed by atoms with E-state index in [1.165, 1.54) is 12.0 Å². The van der Waals surface area contributed by atoms with Crippen molar-refractivity contribution >= 4 is 17.5 Å². The normalized spacial score (nSPS) is 10.4. The Morgan fingerprint density at radius 2 is 1.76 bits per heavy atom. The standard InChI is InChI=1S/C17H24N4/c1-4-6-14-7-9-15(10-8-14)20-16-12-13(3)19-17(21-16)18-11-5-2/h7-10,12H,4-6,11H2,1-3H3,(H2,18,19,20,21). The van der Waals surface area contributed by atoms with E-state index in [0.29, 0.717) is 5.95 Å². The molecule has 112 valence electrons. The van der Waals surface area contributed by atoms with Crippen molar-refractivity contribution in [3.8, 4) is 0 Å². The number of nitrogens with zero attached hydrogens (tertiary/aromatic N) is 2. The monoisotopic (exact) mass is 284 g/mol. The summed E-state index contributed by atoms with van der Waals surface area (Å²) in [7, 11) is 0. The highest BCUT2D eigenvalue weighted by Crippen LogP contribution is 2.18. The second-order valence-corrected chi connectivity index (χ2v) is 5.22. The Morgan fingerprint density at radius 1 is 1.00 bits per heavy atom. The smallest absolute Gasteiger partial charge is 0.224 e. The summed E-state index contributed by atoms with van der Waals surface area (Å²) in [4.78, 5) is 8.88. The Hall–Kier alpha value is -2.10. The van der Waals surface area contributed by atoms with Crippen molar-refractivity contribution in [2.24, 2.45) is 0 Å². The fourth-order valence-electron chi connectivity index (χ4n) is 2.14. The minimum absolute atomic E-state index is 0.682. The Kier molecular flexibility index (Phi) is 5.55. The highest BCUT2D eigenvalue weighted by atomic mass is 15.1. The summed E-state index contributed by atoms with van der Waals surface area (Å²) in [5.74, 6) is 1.51. The van der Waals surface area contributed by atoms with Gasteiger partial charge < -0.3 is 10.6 Å². The fraction of sp³-hybridized carbons (Fsp3) is 0.412. The van der Waals surface area contributed by atoms with Crippen LogP contribution >= 0.6 is 0 Å². The molecule has 0 fully saturated rings. The number of aromatic nitrogens is 2. The molecule has 1 aromatic heterocycles. The maximum absolute atomic E-state index is 4.49. The van der Waals surface area contributed by atoms with E-state index in [9.17, 15) is 0 Å². The van der Waals surface area contributed by atoms with Crippen molar-refractivity contribution in [1.82, 2.24) is 9.97 Å². The number of rotatable bonds is 7. The van der Waals surface area contributed by atoms with Crippen molar-refractivity contribution in [1.29, 1.82) is 0 Å². The zero-order valence-corrected chi connectivity index (χ0v) is 13.1. The molecule has 21 heavy (non-hydrogen) atoms. The summed E-state index contributed by atoms with van der Waals surface area (Å²) < 4.78 is 0. The maximum Gasteiger partial charge on any atom is 0.224 e. The van der Waals surface area contributed by atoms with Crippen molar-refractivity contribution in [2.75, 3.05) is 17.2 Å². The average molecular weight is 284 g/mol. The SMILES string of the molecule is CCCNc1nc(C)cc(Nc2ccc(CCC)cc2)n1. The Bertz CT molecular complexity index is 564. The summed E-state index contributed by atoms with van der Waals surface area (Å²) in [5.41, 5.74) is 3.37. The van der Waals surface area contributed by atoms with E-state index in [1.54, 1.807) is 0 Å². The van der Waals surface area contributed by atoms with E-state index in [2.05, 4.69) is 58.7 Å². The molecule has 0 saturated carbocycles. The predicted molar refractivity (Wildman–Crippen MR) is 89.3 cm³/mol. The van der Waals surface area contributed by atoms with E-state index < -0.39 is 0 Å². The number of hydrogen-bond donors (Lipinski definition) is 2. The van der Waals surface area contributed by atoms with Gasteiger partial charge in [0.05, 0.1) is 0 Å². The molecule has 0 amide bonds. The van der Waals surface area contributed by atoms with E-state index in [4.69, 9.17) is 0 Å². The minimum atomic E-state index is 0.682. The van der Waals surface area contributed by atoms with Crippen LogP contribution in [0.2, 0.25) is 0 Å². The Labute approximate surface area is 127 Å². The first kappa shape index (κ1) is 15.3. The molecule has 0 aliphatic rings. The van der Waals surface area contributed by atoms with Gasteiger partial charge in [-0.3, -0.25) is 0 Å². The van der Waals surface area contributed by atoms with Crippen LogP contribution in [-0.4, -0.2) is 16.5 Å². The molecule has 2 aromatic rings. The molecule has 0 unspecified atom stereocenters. The first-order valence-corrected chi connectivity index (χ1v) is 7.66. The maximum atomic E-state index is 4.49. The van der Waals surface area contributed by atoms with Crippen LogP contribution in [0.25, 0.3) is 0 Å². The third-order valence-corrected chi connectivity index (χ3v) is 3.15. The molecule has 2 N–H and O–H groups in total. The van der Waals surface area contributed by atoms with Crippen LogP contribution in [0.3, 0.4) is 0 Å². The molecule has 4 heteroatoms. The molecule has 0 aliphatic heterocycles. The van der Waals surface area contributed by atoms with Crippen molar-refractivity contribution in [3.63, 3.8) is 0 Å². The summed E-state index contributed by atoms with van der Waals surface area (Å²) in [6, 6.07) is 10.5. The molecule has 0 atom stereocenters. The van der Waals surface area contributed by atoms with Gasteiger partial charge in [-0.1, -0.05) is 32.4 Å². The van der Waals surface area contributed by atoms with Gasteiger partial charge in [-0.25, -0.2) is 4.98 Å². The quantitative estimate of drug-likeness (QED) is 0.795. The van der Waals surface area contributed by atoms with Crippen LogP contribution in [0.4, 0.5) is 17.5 Å². The van der Waals surface area contributed by atoms with Crippen LogP contribution in [-0.2, 0) is 6.42 Å². The van der Waals surface area contributed by atoms with E-state index in [1.807, 2.05) is 13.0 Å². The Morgan fingerprint density at radius 3 is 2.43 bits per heavy atom. The van der Waals surface area contributed by atoms with E-state index in [-0.39, 0.29) is 0 Å². The summed E-state index contributed by atoms with van der Waals surface area (Å²) in [6.07, 6.45) is 3.35. The van der Waals surface area contributed by atoms with Gasteiger partial charge >= 0.3 is 0 Å². The number of benzene rings is 1. The molecule has 2 rings (SSSR count). The molecule has 0 aliphatic carbocycles. The lowest BCUT2D eigenvalue weighted by atomic mass is 10.1. The molecular weight excluding hydrogens is 260 g/mol. The fourth-order valence-corrected chi connectivity index (χ4v) is 2.14. The molecule has 4 nitrogen and oxygen atoms in total. The molecular formula is C17H24N4. The van der Waals surface area contributed by atoms with Gasteiger partial charge in [0.1, 0.15) is 5.82 Å². The van der Waals surface area contributed by atoms with Crippen molar-refractivity contribution in [3.05, 3.63) is 41.6 Å². The number of anilines is 3. The lowest BCUT2D eigenvalue weighted by molar-refractivity contribution is 0.922.